The van der Waals surface area contributed by atoms with Crippen LogP contribution in [0.4, 0.5) is 4.39 Å². The molecule has 0 aromatic heterocycles. The fourth-order valence-corrected chi connectivity index (χ4v) is 3.66. The molecule has 0 aliphatic carbocycles. The summed E-state index contributed by atoms with van der Waals surface area (Å²) in [4.78, 5) is 0.161. The SMILES string of the molecule is Fc1ccc(C(Br)Cc2ccc(Br)cc2)c(Br)c1. The van der Waals surface area contributed by atoms with Crippen LogP contribution in [-0.4, -0.2) is 0 Å². The highest BCUT2D eigenvalue weighted by molar-refractivity contribution is 9.11. The van der Waals surface area contributed by atoms with E-state index in [0.29, 0.717) is 0 Å². The minimum Gasteiger partial charge on any atom is -0.207 e. The maximum absolute atomic E-state index is 13.0. The molecule has 0 saturated carbocycles. The highest BCUT2D eigenvalue weighted by atomic mass is 79.9. The number of halogens is 4. The van der Waals surface area contributed by atoms with Gasteiger partial charge in [-0.2, -0.15) is 0 Å². The molecule has 2 rings (SSSR count). The van der Waals surface area contributed by atoms with E-state index >= 15 is 0 Å². The summed E-state index contributed by atoms with van der Waals surface area (Å²) < 4.78 is 14.9. The van der Waals surface area contributed by atoms with E-state index in [4.69, 9.17) is 0 Å². The molecule has 0 heterocycles. The average Bonchev–Trinajstić information content (AvgIpc) is 2.32. The van der Waals surface area contributed by atoms with Crippen LogP contribution in [0.1, 0.15) is 16.0 Å². The van der Waals surface area contributed by atoms with Gasteiger partial charge in [-0.3, -0.25) is 0 Å². The fraction of sp³-hybridized carbons (Fsp3) is 0.143. The van der Waals surface area contributed by atoms with Crippen LogP contribution in [-0.2, 0) is 6.42 Å². The lowest BCUT2D eigenvalue weighted by atomic mass is 10.0. The molecule has 2 aromatic rings. The molecule has 0 spiro atoms. The predicted octanol–water partition coefficient (Wildman–Crippen LogP) is 6.03. The second-order valence-electron chi connectivity index (χ2n) is 3.96. The number of hydrogen-bond acceptors (Lipinski definition) is 0. The molecule has 18 heavy (non-hydrogen) atoms. The Morgan fingerprint density at radius 1 is 1.00 bits per heavy atom. The van der Waals surface area contributed by atoms with Gasteiger partial charge in [0.25, 0.3) is 0 Å². The molecule has 1 atom stereocenters. The highest BCUT2D eigenvalue weighted by Crippen LogP contribution is 2.33. The summed E-state index contributed by atoms with van der Waals surface area (Å²) >= 11 is 10.5. The Labute approximate surface area is 131 Å². The molecule has 0 bridgehead atoms. The molecular weight excluding hydrogens is 427 g/mol. The van der Waals surface area contributed by atoms with E-state index in [1.54, 1.807) is 6.07 Å². The first kappa shape index (κ1) is 14.2. The van der Waals surface area contributed by atoms with E-state index in [2.05, 4.69) is 59.9 Å². The van der Waals surface area contributed by atoms with Crippen LogP contribution in [0.15, 0.2) is 51.4 Å². The van der Waals surface area contributed by atoms with Crippen molar-refractivity contribution in [3.63, 3.8) is 0 Å². The molecule has 94 valence electrons. The summed E-state index contributed by atoms with van der Waals surface area (Å²) in [6, 6.07) is 13.0. The Morgan fingerprint density at radius 3 is 2.28 bits per heavy atom. The van der Waals surface area contributed by atoms with Crippen LogP contribution in [0.3, 0.4) is 0 Å². The predicted molar refractivity (Wildman–Crippen MR) is 83.6 cm³/mol. The van der Waals surface area contributed by atoms with Crippen molar-refractivity contribution in [1.82, 2.24) is 0 Å². The Balaban J connectivity index is 2.16. The molecule has 0 fully saturated rings. The van der Waals surface area contributed by atoms with Crippen molar-refractivity contribution in [3.8, 4) is 0 Å². The van der Waals surface area contributed by atoms with Crippen LogP contribution >= 0.6 is 47.8 Å². The van der Waals surface area contributed by atoms with Gasteiger partial charge in [-0.25, -0.2) is 4.39 Å². The molecular formula is C14H10Br3F. The van der Waals surface area contributed by atoms with E-state index in [1.807, 2.05) is 12.1 Å². The minimum absolute atomic E-state index is 0.161. The van der Waals surface area contributed by atoms with Crippen molar-refractivity contribution in [2.45, 2.75) is 11.2 Å². The summed E-state index contributed by atoms with van der Waals surface area (Å²) in [5.74, 6) is -0.228. The van der Waals surface area contributed by atoms with Gasteiger partial charge in [0.15, 0.2) is 0 Å². The second-order valence-corrected chi connectivity index (χ2v) is 6.84. The zero-order chi connectivity index (χ0) is 13.1. The number of alkyl halides is 1. The first-order valence-electron chi connectivity index (χ1n) is 5.40. The van der Waals surface area contributed by atoms with Crippen molar-refractivity contribution in [2.75, 3.05) is 0 Å². The summed E-state index contributed by atoms with van der Waals surface area (Å²) in [5, 5.41) is 0. The summed E-state index contributed by atoms with van der Waals surface area (Å²) in [6.07, 6.45) is 0.859. The van der Waals surface area contributed by atoms with Gasteiger partial charge in [-0.1, -0.05) is 66.0 Å². The molecule has 0 aliphatic rings. The van der Waals surface area contributed by atoms with Gasteiger partial charge in [0.05, 0.1) is 0 Å². The van der Waals surface area contributed by atoms with E-state index in [1.165, 1.54) is 17.7 Å². The van der Waals surface area contributed by atoms with Crippen LogP contribution < -0.4 is 0 Å². The monoisotopic (exact) mass is 434 g/mol. The van der Waals surface area contributed by atoms with Crippen LogP contribution in [0.2, 0.25) is 0 Å². The van der Waals surface area contributed by atoms with Crippen molar-refractivity contribution < 1.29 is 4.39 Å². The molecule has 0 radical (unpaired) electrons. The lowest BCUT2D eigenvalue weighted by Gasteiger charge is -2.12. The normalized spacial score (nSPS) is 12.4. The lowest BCUT2D eigenvalue weighted by molar-refractivity contribution is 0.626. The Hall–Kier alpha value is -0.190. The van der Waals surface area contributed by atoms with E-state index in [-0.39, 0.29) is 10.6 Å². The Bertz CT molecular complexity index is 537. The number of hydrogen-bond donors (Lipinski definition) is 0. The lowest BCUT2D eigenvalue weighted by Crippen LogP contribution is -1.97. The molecule has 0 N–H and O–H groups in total. The first-order chi connectivity index (χ1) is 8.56. The maximum atomic E-state index is 13.0. The standard InChI is InChI=1S/C14H10Br3F/c15-10-3-1-9(2-4-10)7-13(16)12-6-5-11(18)8-14(12)17/h1-6,8,13H,7H2. The quantitative estimate of drug-likeness (QED) is 0.515. The van der Waals surface area contributed by atoms with Crippen molar-refractivity contribution in [3.05, 3.63) is 68.4 Å². The highest BCUT2D eigenvalue weighted by Gasteiger charge is 2.12. The topological polar surface area (TPSA) is 0 Å². The molecule has 2 aromatic carbocycles. The van der Waals surface area contributed by atoms with Crippen LogP contribution in [0.25, 0.3) is 0 Å². The Morgan fingerprint density at radius 2 is 1.67 bits per heavy atom. The minimum atomic E-state index is -0.228. The van der Waals surface area contributed by atoms with E-state index in [0.717, 1.165) is 20.9 Å². The first-order valence-corrected chi connectivity index (χ1v) is 7.90. The molecule has 4 heteroatoms. The van der Waals surface area contributed by atoms with E-state index < -0.39 is 0 Å². The van der Waals surface area contributed by atoms with Gasteiger partial charge in [0.2, 0.25) is 0 Å². The molecule has 1 unspecified atom stereocenters. The van der Waals surface area contributed by atoms with Gasteiger partial charge in [-0.05, 0) is 41.8 Å². The van der Waals surface area contributed by atoms with Crippen molar-refractivity contribution in [1.29, 1.82) is 0 Å². The molecule has 0 amide bonds. The average molecular weight is 437 g/mol. The van der Waals surface area contributed by atoms with E-state index in [9.17, 15) is 4.39 Å². The molecule has 0 aliphatic heterocycles. The zero-order valence-electron chi connectivity index (χ0n) is 9.34. The summed E-state index contributed by atoms with van der Waals surface area (Å²) in [7, 11) is 0. The summed E-state index contributed by atoms with van der Waals surface area (Å²) in [6.45, 7) is 0. The molecule has 0 nitrogen and oxygen atoms in total. The smallest absolute Gasteiger partial charge is 0.124 e. The third-order valence-electron chi connectivity index (χ3n) is 2.63. The Kier molecular flexibility index (Phi) is 4.98. The van der Waals surface area contributed by atoms with Gasteiger partial charge in [0.1, 0.15) is 5.82 Å². The third-order valence-corrected chi connectivity index (χ3v) is 4.66. The van der Waals surface area contributed by atoms with Gasteiger partial charge < -0.3 is 0 Å². The van der Waals surface area contributed by atoms with Crippen LogP contribution in [0, 0.1) is 5.82 Å². The number of benzene rings is 2. The van der Waals surface area contributed by atoms with Crippen molar-refractivity contribution in [2.24, 2.45) is 0 Å². The zero-order valence-corrected chi connectivity index (χ0v) is 14.1. The molecule has 0 saturated heterocycles. The van der Waals surface area contributed by atoms with Gasteiger partial charge >= 0.3 is 0 Å². The largest absolute Gasteiger partial charge is 0.207 e. The second kappa shape index (κ2) is 6.31. The van der Waals surface area contributed by atoms with Gasteiger partial charge in [0, 0.05) is 13.8 Å². The maximum Gasteiger partial charge on any atom is 0.124 e. The third kappa shape index (κ3) is 3.65. The summed E-state index contributed by atoms with van der Waals surface area (Å²) in [5.41, 5.74) is 2.29. The van der Waals surface area contributed by atoms with Crippen molar-refractivity contribution >= 4 is 47.8 Å². The fourth-order valence-electron chi connectivity index (χ4n) is 1.69. The van der Waals surface area contributed by atoms with Crippen LogP contribution in [0.5, 0.6) is 0 Å². The van der Waals surface area contributed by atoms with Gasteiger partial charge in [-0.15, -0.1) is 0 Å². The number of rotatable bonds is 3.